The second kappa shape index (κ2) is 7.84. The molecule has 0 spiro atoms. The van der Waals surface area contributed by atoms with Crippen molar-refractivity contribution in [3.05, 3.63) is 93.6 Å². The molecule has 1 aromatic heterocycles. The summed E-state index contributed by atoms with van der Waals surface area (Å²) in [5, 5.41) is 0.589. The predicted octanol–water partition coefficient (Wildman–Crippen LogP) is 5.66. The lowest BCUT2D eigenvalue weighted by atomic mass is 10.1. The van der Waals surface area contributed by atoms with E-state index in [1.54, 1.807) is 7.11 Å². The van der Waals surface area contributed by atoms with Crippen LogP contribution >= 0.6 is 0 Å². The molecule has 146 valence electrons. The molecule has 4 heteroatoms. The van der Waals surface area contributed by atoms with E-state index in [0.29, 0.717) is 34.8 Å². The highest BCUT2D eigenvalue weighted by atomic mass is 16.5. The van der Waals surface area contributed by atoms with E-state index in [2.05, 4.69) is 0 Å². The van der Waals surface area contributed by atoms with Crippen molar-refractivity contribution in [3.8, 4) is 22.8 Å². The van der Waals surface area contributed by atoms with Gasteiger partial charge in [0.1, 0.15) is 18.0 Å². The Balaban J connectivity index is 1.68. The fourth-order valence-corrected chi connectivity index (χ4v) is 3.23. The van der Waals surface area contributed by atoms with Crippen LogP contribution in [0.5, 0.6) is 11.5 Å². The topological polar surface area (TPSA) is 48.7 Å². The molecule has 4 rings (SSSR count). The van der Waals surface area contributed by atoms with E-state index in [9.17, 15) is 4.79 Å². The van der Waals surface area contributed by atoms with Crippen LogP contribution in [0.25, 0.3) is 22.3 Å². The Morgan fingerprint density at radius 1 is 0.862 bits per heavy atom. The molecule has 4 aromatic rings. The van der Waals surface area contributed by atoms with Crippen molar-refractivity contribution in [2.24, 2.45) is 0 Å². The van der Waals surface area contributed by atoms with Gasteiger partial charge in [-0.25, -0.2) is 0 Å². The Bertz CT molecular complexity index is 1220. The normalized spacial score (nSPS) is 10.9. The molecular formula is C25H22O4. The maximum absolute atomic E-state index is 12.6. The van der Waals surface area contributed by atoms with Gasteiger partial charge in [0.25, 0.3) is 0 Å². The number of hydrogen-bond acceptors (Lipinski definition) is 4. The molecule has 0 unspecified atom stereocenters. The molecule has 1 heterocycles. The van der Waals surface area contributed by atoms with Gasteiger partial charge < -0.3 is 13.9 Å². The largest absolute Gasteiger partial charge is 0.493 e. The average Bonchev–Trinajstić information content (AvgIpc) is 2.74. The summed E-state index contributed by atoms with van der Waals surface area (Å²) < 4.78 is 17.5. The zero-order chi connectivity index (χ0) is 20.4. The summed E-state index contributed by atoms with van der Waals surface area (Å²) in [6.07, 6.45) is 0. The number of hydrogen-bond donors (Lipinski definition) is 0. The Kier molecular flexibility index (Phi) is 5.09. The van der Waals surface area contributed by atoms with E-state index in [0.717, 1.165) is 22.3 Å². The van der Waals surface area contributed by atoms with Gasteiger partial charge in [-0.1, -0.05) is 30.3 Å². The van der Waals surface area contributed by atoms with Crippen LogP contribution in [0.4, 0.5) is 0 Å². The summed E-state index contributed by atoms with van der Waals surface area (Å²) in [5.74, 6) is 1.72. The van der Waals surface area contributed by atoms with Gasteiger partial charge in [0, 0.05) is 11.6 Å². The number of methoxy groups -OCH3 is 1. The summed E-state index contributed by atoms with van der Waals surface area (Å²) in [7, 11) is 1.59. The molecule has 0 radical (unpaired) electrons. The third-order valence-electron chi connectivity index (χ3n) is 5.03. The van der Waals surface area contributed by atoms with Gasteiger partial charge in [0.05, 0.1) is 12.5 Å². The molecule has 0 aliphatic heterocycles. The van der Waals surface area contributed by atoms with E-state index < -0.39 is 0 Å². The van der Waals surface area contributed by atoms with Crippen LogP contribution in [0.2, 0.25) is 0 Å². The van der Waals surface area contributed by atoms with Crippen LogP contribution in [0.15, 0.2) is 75.9 Å². The Morgan fingerprint density at radius 3 is 2.38 bits per heavy atom. The Hall–Kier alpha value is -3.53. The molecule has 0 aliphatic rings. The van der Waals surface area contributed by atoms with Crippen molar-refractivity contribution in [3.63, 3.8) is 0 Å². The first kappa shape index (κ1) is 18.8. The van der Waals surface area contributed by atoms with E-state index in [4.69, 9.17) is 13.9 Å². The zero-order valence-electron chi connectivity index (χ0n) is 16.7. The molecule has 3 aromatic carbocycles. The fraction of sp³-hybridized carbons (Fsp3) is 0.160. The van der Waals surface area contributed by atoms with E-state index in [1.807, 2.05) is 74.5 Å². The molecule has 0 aliphatic carbocycles. The van der Waals surface area contributed by atoms with Crippen LogP contribution in [-0.4, -0.2) is 7.11 Å². The average molecular weight is 386 g/mol. The van der Waals surface area contributed by atoms with Crippen molar-refractivity contribution < 1.29 is 13.9 Å². The molecule has 0 saturated heterocycles. The minimum Gasteiger partial charge on any atom is -0.493 e. The fourth-order valence-electron chi connectivity index (χ4n) is 3.23. The van der Waals surface area contributed by atoms with Crippen LogP contribution in [-0.2, 0) is 6.61 Å². The first-order chi connectivity index (χ1) is 14.0. The lowest BCUT2D eigenvalue weighted by molar-refractivity contribution is 0.284. The van der Waals surface area contributed by atoms with Crippen molar-refractivity contribution in [2.45, 2.75) is 20.5 Å². The summed E-state index contributed by atoms with van der Waals surface area (Å²) in [4.78, 5) is 12.6. The van der Waals surface area contributed by atoms with Gasteiger partial charge in [-0.05, 0) is 60.9 Å². The van der Waals surface area contributed by atoms with E-state index in [-0.39, 0.29) is 5.43 Å². The molecule has 29 heavy (non-hydrogen) atoms. The number of benzene rings is 3. The number of ether oxygens (including phenoxy) is 2. The van der Waals surface area contributed by atoms with Crippen LogP contribution in [0.1, 0.15) is 16.7 Å². The lowest BCUT2D eigenvalue weighted by Crippen LogP contribution is -2.02. The monoisotopic (exact) mass is 386 g/mol. The maximum Gasteiger partial charge on any atom is 0.193 e. The third-order valence-corrected chi connectivity index (χ3v) is 5.03. The summed E-state index contributed by atoms with van der Waals surface area (Å²) in [5.41, 5.74) is 4.50. The van der Waals surface area contributed by atoms with Gasteiger partial charge in [-0.15, -0.1) is 0 Å². The molecular weight excluding hydrogens is 364 g/mol. The number of rotatable bonds is 5. The predicted molar refractivity (Wildman–Crippen MR) is 115 cm³/mol. The first-order valence-corrected chi connectivity index (χ1v) is 9.45. The molecule has 0 saturated carbocycles. The van der Waals surface area contributed by atoms with E-state index in [1.165, 1.54) is 6.07 Å². The highest BCUT2D eigenvalue weighted by molar-refractivity contribution is 5.80. The van der Waals surface area contributed by atoms with Crippen molar-refractivity contribution in [1.82, 2.24) is 0 Å². The molecule has 4 nitrogen and oxygen atoms in total. The minimum atomic E-state index is -0.0623. The van der Waals surface area contributed by atoms with Gasteiger partial charge in [0.15, 0.2) is 16.9 Å². The molecule has 0 amide bonds. The van der Waals surface area contributed by atoms with Gasteiger partial charge >= 0.3 is 0 Å². The second-order valence-electron chi connectivity index (χ2n) is 7.05. The summed E-state index contributed by atoms with van der Waals surface area (Å²) in [6, 6.07) is 20.8. The molecule has 0 atom stereocenters. The minimum absolute atomic E-state index is 0.0623. The molecule has 0 fully saturated rings. The SMILES string of the molecule is COc1cc(-c2cc(=O)c3cc(C)c(C)cc3o2)ccc1OCc1ccccc1. The number of fused-ring (bicyclic) bond motifs is 1. The van der Waals surface area contributed by atoms with Crippen molar-refractivity contribution >= 4 is 11.0 Å². The second-order valence-corrected chi connectivity index (χ2v) is 7.05. The first-order valence-electron chi connectivity index (χ1n) is 9.45. The third kappa shape index (κ3) is 3.87. The zero-order valence-corrected chi connectivity index (χ0v) is 16.7. The highest BCUT2D eigenvalue weighted by Crippen LogP contribution is 2.33. The van der Waals surface area contributed by atoms with E-state index >= 15 is 0 Å². The van der Waals surface area contributed by atoms with Crippen molar-refractivity contribution in [1.29, 1.82) is 0 Å². The lowest BCUT2D eigenvalue weighted by Gasteiger charge is -2.12. The van der Waals surface area contributed by atoms with Gasteiger partial charge in [-0.3, -0.25) is 4.79 Å². The number of aryl methyl sites for hydroxylation is 2. The standard InChI is InChI=1S/C25H22O4/c1-16-11-20-21(26)14-23(29-24(20)12-17(16)2)19-9-10-22(25(13-19)27-3)28-15-18-7-5-4-6-8-18/h4-14H,15H2,1-3H3. The smallest absolute Gasteiger partial charge is 0.193 e. The Morgan fingerprint density at radius 2 is 1.62 bits per heavy atom. The maximum atomic E-state index is 12.6. The van der Waals surface area contributed by atoms with Gasteiger partial charge in [-0.2, -0.15) is 0 Å². The van der Waals surface area contributed by atoms with Crippen LogP contribution in [0.3, 0.4) is 0 Å². The summed E-state index contributed by atoms with van der Waals surface area (Å²) >= 11 is 0. The van der Waals surface area contributed by atoms with Gasteiger partial charge in [0.2, 0.25) is 0 Å². The van der Waals surface area contributed by atoms with Crippen LogP contribution in [0, 0.1) is 13.8 Å². The molecule has 0 N–H and O–H groups in total. The van der Waals surface area contributed by atoms with Crippen molar-refractivity contribution in [2.75, 3.05) is 7.11 Å². The Labute approximate surface area is 169 Å². The summed E-state index contributed by atoms with van der Waals surface area (Å²) in [6.45, 7) is 4.44. The van der Waals surface area contributed by atoms with Crippen LogP contribution < -0.4 is 14.9 Å². The highest BCUT2D eigenvalue weighted by Gasteiger charge is 2.12. The molecule has 0 bridgehead atoms. The quantitative estimate of drug-likeness (QED) is 0.444.